The van der Waals surface area contributed by atoms with Gasteiger partial charge in [-0.1, -0.05) is 6.07 Å². The molecule has 94 valence electrons. The molecule has 2 aromatic rings. The molecule has 1 aromatic carbocycles. The molecule has 0 saturated carbocycles. The van der Waals surface area contributed by atoms with Gasteiger partial charge in [0.1, 0.15) is 0 Å². The van der Waals surface area contributed by atoms with E-state index in [0.29, 0.717) is 0 Å². The number of thioether (sulfide) groups is 1. The van der Waals surface area contributed by atoms with E-state index in [2.05, 4.69) is 70.4 Å². The monoisotopic (exact) mass is 258 g/mol. The van der Waals surface area contributed by atoms with Crippen LogP contribution in [0, 0.1) is 5.92 Å². The zero-order chi connectivity index (χ0) is 12.2. The number of aromatic nitrogens is 1. The first-order valence-corrected chi connectivity index (χ1v) is 7.62. The number of nitrogens with zero attached hydrogens (tertiary/aromatic N) is 1. The fraction of sp³-hybridized carbons (Fsp3) is 0.333. The second-order valence-electron chi connectivity index (χ2n) is 4.75. The third-order valence-corrected chi connectivity index (χ3v) is 4.60. The van der Waals surface area contributed by atoms with Crippen molar-refractivity contribution in [1.82, 2.24) is 4.57 Å². The molecule has 18 heavy (non-hydrogen) atoms. The van der Waals surface area contributed by atoms with E-state index in [1.54, 1.807) is 0 Å². The summed E-state index contributed by atoms with van der Waals surface area (Å²) in [6, 6.07) is 12.7. The zero-order valence-corrected chi connectivity index (χ0v) is 11.2. The molecule has 0 bridgehead atoms. The van der Waals surface area contributed by atoms with E-state index in [4.69, 9.17) is 0 Å². The molecule has 3 rings (SSSR count). The van der Waals surface area contributed by atoms with Crippen LogP contribution < -0.4 is 5.32 Å². The first-order valence-electron chi connectivity index (χ1n) is 6.47. The van der Waals surface area contributed by atoms with Crippen LogP contribution >= 0.6 is 11.8 Å². The van der Waals surface area contributed by atoms with Crippen LogP contribution in [0.15, 0.2) is 48.8 Å². The second-order valence-corrected chi connectivity index (χ2v) is 5.90. The molecule has 0 radical (unpaired) electrons. The summed E-state index contributed by atoms with van der Waals surface area (Å²) in [4.78, 5) is 0. The third kappa shape index (κ3) is 2.72. The summed E-state index contributed by atoms with van der Waals surface area (Å²) in [6.07, 6.45) is 5.51. The van der Waals surface area contributed by atoms with Crippen LogP contribution in [-0.4, -0.2) is 22.6 Å². The summed E-state index contributed by atoms with van der Waals surface area (Å²) < 4.78 is 2.14. The standard InChI is InChI=1S/C15H18N2S/c1-2-8-17(7-1)15-5-3-4-14(10-15)16-11-13-6-9-18-12-13/h1-5,7-8,10,13,16H,6,9,11-12H2. The van der Waals surface area contributed by atoms with Crippen molar-refractivity contribution >= 4 is 17.4 Å². The van der Waals surface area contributed by atoms with Gasteiger partial charge >= 0.3 is 0 Å². The fourth-order valence-corrected chi connectivity index (χ4v) is 3.57. The molecule has 0 amide bonds. The van der Waals surface area contributed by atoms with Crippen molar-refractivity contribution in [1.29, 1.82) is 0 Å². The van der Waals surface area contributed by atoms with Crippen LogP contribution in [0.25, 0.3) is 5.69 Å². The Kier molecular flexibility index (Phi) is 3.60. The highest BCUT2D eigenvalue weighted by atomic mass is 32.2. The van der Waals surface area contributed by atoms with Crippen LogP contribution in [0.2, 0.25) is 0 Å². The second kappa shape index (κ2) is 5.53. The minimum absolute atomic E-state index is 0.838. The van der Waals surface area contributed by atoms with Crippen LogP contribution in [0.3, 0.4) is 0 Å². The maximum absolute atomic E-state index is 3.56. The smallest absolute Gasteiger partial charge is 0.0469 e. The molecule has 1 fully saturated rings. The zero-order valence-electron chi connectivity index (χ0n) is 10.4. The minimum Gasteiger partial charge on any atom is -0.385 e. The van der Waals surface area contributed by atoms with E-state index < -0.39 is 0 Å². The van der Waals surface area contributed by atoms with Crippen LogP contribution in [0.5, 0.6) is 0 Å². The number of nitrogens with one attached hydrogen (secondary N) is 1. The van der Waals surface area contributed by atoms with Gasteiger partial charge in [-0.25, -0.2) is 0 Å². The molecule has 0 aliphatic carbocycles. The quantitative estimate of drug-likeness (QED) is 0.901. The number of hydrogen-bond acceptors (Lipinski definition) is 2. The largest absolute Gasteiger partial charge is 0.385 e. The van der Waals surface area contributed by atoms with E-state index >= 15 is 0 Å². The lowest BCUT2D eigenvalue weighted by Gasteiger charge is -2.12. The molecule has 1 aliphatic rings. The molecular weight excluding hydrogens is 240 g/mol. The number of rotatable bonds is 4. The molecule has 3 heteroatoms. The Morgan fingerprint density at radius 1 is 1.22 bits per heavy atom. The third-order valence-electron chi connectivity index (χ3n) is 3.37. The van der Waals surface area contributed by atoms with Gasteiger partial charge in [0.2, 0.25) is 0 Å². The molecule has 1 N–H and O–H groups in total. The average Bonchev–Trinajstić information content (AvgIpc) is 3.10. The van der Waals surface area contributed by atoms with Crippen molar-refractivity contribution in [2.45, 2.75) is 6.42 Å². The van der Waals surface area contributed by atoms with Crippen LogP contribution in [-0.2, 0) is 0 Å². The Bertz CT molecular complexity index is 487. The van der Waals surface area contributed by atoms with Crippen molar-refractivity contribution < 1.29 is 0 Å². The van der Waals surface area contributed by atoms with Gasteiger partial charge in [-0.2, -0.15) is 11.8 Å². The van der Waals surface area contributed by atoms with Gasteiger partial charge in [-0.15, -0.1) is 0 Å². The summed E-state index contributed by atoms with van der Waals surface area (Å²) in [5.41, 5.74) is 2.43. The predicted molar refractivity (Wildman–Crippen MR) is 79.7 cm³/mol. The first-order chi connectivity index (χ1) is 8.92. The average molecular weight is 258 g/mol. The van der Waals surface area contributed by atoms with Crippen molar-refractivity contribution in [3.05, 3.63) is 48.8 Å². The van der Waals surface area contributed by atoms with Gasteiger partial charge in [-0.05, 0) is 54.2 Å². The van der Waals surface area contributed by atoms with Crippen molar-refractivity contribution in [3.63, 3.8) is 0 Å². The first kappa shape index (κ1) is 11.7. The van der Waals surface area contributed by atoms with Gasteiger partial charge < -0.3 is 9.88 Å². The highest BCUT2D eigenvalue weighted by molar-refractivity contribution is 7.99. The molecule has 1 aliphatic heterocycles. The molecule has 1 atom stereocenters. The Labute approximate surface area is 112 Å². The molecule has 0 spiro atoms. The SMILES string of the molecule is c1cc(NCC2CCSC2)cc(-n2cccc2)c1. The molecular formula is C15H18N2S. The van der Waals surface area contributed by atoms with Crippen molar-refractivity contribution in [2.75, 3.05) is 23.4 Å². The fourth-order valence-electron chi connectivity index (χ4n) is 2.29. The van der Waals surface area contributed by atoms with Crippen molar-refractivity contribution in [3.8, 4) is 5.69 Å². The Morgan fingerprint density at radius 2 is 2.11 bits per heavy atom. The van der Waals surface area contributed by atoms with Gasteiger partial charge in [0.25, 0.3) is 0 Å². The van der Waals surface area contributed by atoms with Gasteiger partial charge in [0.15, 0.2) is 0 Å². The molecule has 1 aromatic heterocycles. The number of hydrogen-bond donors (Lipinski definition) is 1. The maximum atomic E-state index is 3.56. The van der Waals surface area contributed by atoms with Crippen LogP contribution in [0.4, 0.5) is 5.69 Å². The molecule has 2 heterocycles. The van der Waals surface area contributed by atoms with Gasteiger partial charge in [0, 0.05) is 30.3 Å². The minimum atomic E-state index is 0.838. The van der Waals surface area contributed by atoms with E-state index in [-0.39, 0.29) is 0 Å². The predicted octanol–water partition coefficient (Wildman–Crippen LogP) is 3.64. The summed E-state index contributed by atoms with van der Waals surface area (Å²) in [5, 5.41) is 3.56. The lowest BCUT2D eigenvalue weighted by molar-refractivity contribution is 0.632. The van der Waals surface area contributed by atoms with Crippen LogP contribution in [0.1, 0.15) is 6.42 Å². The molecule has 1 unspecified atom stereocenters. The summed E-state index contributed by atoms with van der Waals surface area (Å²) in [7, 11) is 0. The summed E-state index contributed by atoms with van der Waals surface area (Å²) in [6.45, 7) is 1.10. The Balaban J connectivity index is 1.67. The Hall–Kier alpha value is -1.35. The number of anilines is 1. The summed E-state index contributed by atoms with van der Waals surface area (Å²) >= 11 is 2.07. The molecule has 1 saturated heterocycles. The lowest BCUT2D eigenvalue weighted by atomic mass is 10.1. The highest BCUT2D eigenvalue weighted by Crippen LogP contribution is 2.24. The lowest BCUT2D eigenvalue weighted by Crippen LogP contribution is -2.13. The van der Waals surface area contributed by atoms with Gasteiger partial charge in [0.05, 0.1) is 0 Å². The van der Waals surface area contributed by atoms with Gasteiger partial charge in [-0.3, -0.25) is 0 Å². The number of benzene rings is 1. The normalized spacial score (nSPS) is 19.0. The topological polar surface area (TPSA) is 17.0 Å². The summed E-state index contributed by atoms with van der Waals surface area (Å²) in [5.74, 6) is 3.48. The highest BCUT2D eigenvalue weighted by Gasteiger charge is 2.14. The van der Waals surface area contributed by atoms with Crippen molar-refractivity contribution in [2.24, 2.45) is 5.92 Å². The van der Waals surface area contributed by atoms with E-state index in [1.807, 2.05) is 0 Å². The molecule has 2 nitrogen and oxygen atoms in total. The Morgan fingerprint density at radius 3 is 2.89 bits per heavy atom. The van der Waals surface area contributed by atoms with E-state index in [9.17, 15) is 0 Å². The van der Waals surface area contributed by atoms with E-state index in [1.165, 1.54) is 29.3 Å². The van der Waals surface area contributed by atoms with E-state index in [0.717, 1.165) is 12.5 Å². The maximum Gasteiger partial charge on any atom is 0.0469 e.